The zero-order valence-electron chi connectivity index (χ0n) is 12.4. The number of amides is 2. The summed E-state index contributed by atoms with van der Waals surface area (Å²) in [7, 11) is 1.52. The van der Waals surface area contributed by atoms with Gasteiger partial charge in [-0.3, -0.25) is 0 Å². The second-order valence-corrected chi connectivity index (χ2v) is 4.94. The number of hydrogen-bond donors (Lipinski definition) is 2. The van der Waals surface area contributed by atoms with Gasteiger partial charge in [0.2, 0.25) is 0 Å². The Balaban J connectivity index is 1.72. The van der Waals surface area contributed by atoms with E-state index in [4.69, 9.17) is 21.1 Å². The molecule has 0 heterocycles. The molecular weight excluding hydrogens is 323 g/mol. The van der Waals surface area contributed by atoms with Crippen LogP contribution in [0.25, 0.3) is 0 Å². The SMILES string of the molecule is COc1ccc(NC(=O)NCCOc2ccc(F)cc2)cc1Cl. The Morgan fingerprint density at radius 1 is 1.22 bits per heavy atom. The fourth-order valence-corrected chi connectivity index (χ4v) is 2.04. The van der Waals surface area contributed by atoms with Crippen LogP contribution in [0, 0.1) is 5.82 Å². The van der Waals surface area contributed by atoms with Crippen molar-refractivity contribution in [3.8, 4) is 11.5 Å². The number of anilines is 1. The first-order valence-electron chi connectivity index (χ1n) is 6.85. The number of nitrogens with one attached hydrogen (secondary N) is 2. The number of halogens is 2. The highest BCUT2D eigenvalue weighted by Gasteiger charge is 2.05. The average Bonchev–Trinajstić information content (AvgIpc) is 2.53. The monoisotopic (exact) mass is 338 g/mol. The van der Waals surface area contributed by atoms with Crippen LogP contribution in [0.15, 0.2) is 42.5 Å². The summed E-state index contributed by atoms with van der Waals surface area (Å²) < 4.78 is 23.1. The molecule has 7 heteroatoms. The first kappa shape index (κ1) is 16.9. The zero-order valence-corrected chi connectivity index (χ0v) is 13.2. The molecule has 0 aliphatic carbocycles. The van der Waals surface area contributed by atoms with Crippen molar-refractivity contribution in [2.45, 2.75) is 0 Å². The van der Waals surface area contributed by atoms with Gasteiger partial charge in [0.25, 0.3) is 0 Å². The molecule has 0 atom stereocenters. The van der Waals surface area contributed by atoms with Crippen LogP contribution in [0.3, 0.4) is 0 Å². The van der Waals surface area contributed by atoms with Crippen LogP contribution in [0.4, 0.5) is 14.9 Å². The molecule has 2 aromatic rings. The number of urea groups is 1. The summed E-state index contributed by atoms with van der Waals surface area (Å²) in [6, 6.07) is 10.2. The Labute approximate surface area is 138 Å². The summed E-state index contributed by atoms with van der Waals surface area (Å²) in [5.41, 5.74) is 0.549. The molecule has 2 rings (SSSR count). The Morgan fingerprint density at radius 3 is 2.61 bits per heavy atom. The highest BCUT2D eigenvalue weighted by atomic mass is 35.5. The fraction of sp³-hybridized carbons (Fsp3) is 0.188. The number of methoxy groups -OCH3 is 1. The van der Waals surface area contributed by atoms with Crippen LogP contribution in [0.1, 0.15) is 0 Å². The van der Waals surface area contributed by atoms with E-state index in [1.165, 1.54) is 31.4 Å². The fourth-order valence-electron chi connectivity index (χ4n) is 1.78. The smallest absolute Gasteiger partial charge is 0.319 e. The second-order valence-electron chi connectivity index (χ2n) is 4.53. The first-order chi connectivity index (χ1) is 11.1. The number of carbonyl (C=O) groups excluding carboxylic acids is 1. The molecule has 0 fully saturated rings. The number of hydrogen-bond acceptors (Lipinski definition) is 3. The topological polar surface area (TPSA) is 59.6 Å². The summed E-state index contributed by atoms with van der Waals surface area (Å²) in [6.07, 6.45) is 0. The van der Waals surface area contributed by atoms with Gasteiger partial charge >= 0.3 is 6.03 Å². The minimum atomic E-state index is -0.381. The van der Waals surface area contributed by atoms with Crippen molar-refractivity contribution in [3.63, 3.8) is 0 Å². The van der Waals surface area contributed by atoms with Crippen LogP contribution in [-0.2, 0) is 0 Å². The van der Waals surface area contributed by atoms with E-state index in [0.717, 1.165) is 0 Å². The summed E-state index contributed by atoms with van der Waals surface area (Å²) in [6.45, 7) is 0.565. The lowest BCUT2D eigenvalue weighted by Crippen LogP contribution is -2.32. The van der Waals surface area contributed by atoms with Gasteiger partial charge in [-0.25, -0.2) is 9.18 Å². The minimum Gasteiger partial charge on any atom is -0.495 e. The number of rotatable bonds is 6. The predicted molar refractivity (Wildman–Crippen MR) is 86.9 cm³/mol. The van der Waals surface area contributed by atoms with Gasteiger partial charge in [-0.2, -0.15) is 0 Å². The van der Waals surface area contributed by atoms with Gasteiger partial charge in [0.1, 0.15) is 23.9 Å². The molecule has 2 aromatic carbocycles. The molecule has 0 aliphatic heterocycles. The molecule has 5 nitrogen and oxygen atoms in total. The molecule has 2 N–H and O–H groups in total. The summed E-state index contributed by atoms with van der Waals surface area (Å²) in [4.78, 5) is 11.7. The third kappa shape index (κ3) is 5.34. The summed E-state index contributed by atoms with van der Waals surface area (Å²) >= 11 is 5.98. The second kappa shape index (κ2) is 8.24. The zero-order chi connectivity index (χ0) is 16.7. The molecular formula is C16H16ClFN2O3. The van der Waals surface area contributed by atoms with E-state index in [-0.39, 0.29) is 18.5 Å². The van der Waals surface area contributed by atoms with Crippen LogP contribution < -0.4 is 20.1 Å². The third-order valence-corrected chi connectivity index (χ3v) is 3.18. The van der Waals surface area contributed by atoms with Crippen molar-refractivity contribution < 1.29 is 18.7 Å². The Bertz CT molecular complexity index is 665. The standard InChI is InChI=1S/C16H16ClFN2O3/c1-22-15-7-4-12(10-14(15)17)20-16(21)19-8-9-23-13-5-2-11(18)3-6-13/h2-7,10H,8-9H2,1H3,(H2,19,20,21). The maximum absolute atomic E-state index is 12.7. The van der Waals surface area contributed by atoms with Crippen LogP contribution in [0.2, 0.25) is 5.02 Å². The van der Waals surface area contributed by atoms with Gasteiger partial charge in [0, 0.05) is 5.69 Å². The van der Waals surface area contributed by atoms with Crippen LogP contribution >= 0.6 is 11.6 Å². The molecule has 23 heavy (non-hydrogen) atoms. The molecule has 122 valence electrons. The van der Waals surface area contributed by atoms with E-state index in [0.29, 0.717) is 28.8 Å². The lowest BCUT2D eigenvalue weighted by atomic mass is 10.3. The van der Waals surface area contributed by atoms with Crippen molar-refractivity contribution in [1.82, 2.24) is 5.32 Å². The number of ether oxygens (including phenoxy) is 2. The van der Waals surface area contributed by atoms with Crippen molar-refractivity contribution in [2.24, 2.45) is 0 Å². The predicted octanol–water partition coefficient (Wildman–Crippen LogP) is 3.69. The van der Waals surface area contributed by atoms with E-state index in [1.807, 2.05) is 0 Å². The molecule has 0 bridgehead atoms. The normalized spacial score (nSPS) is 10.0. The van der Waals surface area contributed by atoms with Crippen LogP contribution in [0.5, 0.6) is 11.5 Å². The van der Waals surface area contributed by atoms with E-state index < -0.39 is 0 Å². The van der Waals surface area contributed by atoms with Gasteiger partial charge in [0.15, 0.2) is 0 Å². The largest absolute Gasteiger partial charge is 0.495 e. The molecule has 0 spiro atoms. The van der Waals surface area contributed by atoms with Crippen molar-refractivity contribution in [2.75, 3.05) is 25.6 Å². The Morgan fingerprint density at radius 2 is 1.96 bits per heavy atom. The lowest BCUT2D eigenvalue weighted by molar-refractivity contribution is 0.247. The van der Waals surface area contributed by atoms with E-state index in [9.17, 15) is 9.18 Å². The number of carbonyl (C=O) groups is 1. The Hall–Kier alpha value is -2.47. The van der Waals surface area contributed by atoms with Gasteiger partial charge in [-0.15, -0.1) is 0 Å². The van der Waals surface area contributed by atoms with Crippen molar-refractivity contribution in [1.29, 1.82) is 0 Å². The number of benzene rings is 2. The van der Waals surface area contributed by atoms with Crippen molar-refractivity contribution >= 4 is 23.3 Å². The van der Waals surface area contributed by atoms with Crippen LogP contribution in [-0.4, -0.2) is 26.3 Å². The molecule has 0 aliphatic rings. The highest BCUT2D eigenvalue weighted by Crippen LogP contribution is 2.27. The third-order valence-electron chi connectivity index (χ3n) is 2.88. The molecule has 2 amide bonds. The Kier molecular flexibility index (Phi) is 6.05. The molecule has 0 unspecified atom stereocenters. The molecule has 0 radical (unpaired) electrons. The maximum Gasteiger partial charge on any atom is 0.319 e. The maximum atomic E-state index is 12.7. The lowest BCUT2D eigenvalue weighted by Gasteiger charge is -2.10. The minimum absolute atomic E-state index is 0.266. The van der Waals surface area contributed by atoms with Gasteiger partial charge in [-0.1, -0.05) is 11.6 Å². The first-order valence-corrected chi connectivity index (χ1v) is 7.23. The summed E-state index contributed by atoms with van der Waals surface area (Å²) in [5.74, 6) is 0.744. The molecule has 0 saturated heterocycles. The van der Waals surface area contributed by atoms with Crippen molar-refractivity contribution in [3.05, 3.63) is 53.3 Å². The quantitative estimate of drug-likeness (QED) is 0.790. The van der Waals surface area contributed by atoms with E-state index in [1.54, 1.807) is 18.2 Å². The highest BCUT2D eigenvalue weighted by molar-refractivity contribution is 6.32. The summed E-state index contributed by atoms with van der Waals surface area (Å²) in [5, 5.41) is 5.69. The molecule has 0 aromatic heterocycles. The molecule has 0 saturated carbocycles. The van der Waals surface area contributed by atoms with Gasteiger partial charge < -0.3 is 20.1 Å². The average molecular weight is 339 g/mol. The van der Waals surface area contributed by atoms with Gasteiger partial charge in [0.05, 0.1) is 18.7 Å². The van der Waals surface area contributed by atoms with E-state index >= 15 is 0 Å². The van der Waals surface area contributed by atoms with E-state index in [2.05, 4.69) is 10.6 Å². The van der Waals surface area contributed by atoms with Gasteiger partial charge in [-0.05, 0) is 42.5 Å².